The van der Waals surface area contributed by atoms with E-state index in [1.165, 1.54) is 6.07 Å². The second kappa shape index (κ2) is 7.64. The van der Waals surface area contributed by atoms with Gasteiger partial charge in [-0.15, -0.1) is 0 Å². The molecule has 1 aromatic rings. The minimum atomic E-state index is -3.54. The lowest BCUT2D eigenvalue weighted by molar-refractivity contribution is 0.281. The van der Waals surface area contributed by atoms with E-state index in [1.54, 1.807) is 24.8 Å². The molecule has 0 spiro atoms. The van der Waals surface area contributed by atoms with E-state index in [0.29, 0.717) is 16.6 Å². The summed E-state index contributed by atoms with van der Waals surface area (Å²) in [7, 11) is -3.54. The van der Waals surface area contributed by atoms with E-state index in [4.69, 9.17) is 5.11 Å². The summed E-state index contributed by atoms with van der Waals surface area (Å²) in [4.78, 5) is 0.181. The van der Waals surface area contributed by atoms with Crippen molar-refractivity contribution in [2.75, 3.05) is 18.6 Å². The average Bonchev–Trinajstić information content (AvgIpc) is 2.37. The van der Waals surface area contributed by atoms with Crippen molar-refractivity contribution in [3.63, 3.8) is 0 Å². The molecule has 0 aliphatic carbocycles. The van der Waals surface area contributed by atoms with Gasteiger partial charge in [-0.3, -0.25) is 0 Å². The maximum atomic E-state index is 12.2. The standard InChI is InChI=1S/C12H18BrNO3S2/c1-9-6-10(8-15)7-11(12(9)13)19(16,17)14-4-3-5-18-2/h6-7,14-15H,3-5,8H2,1-2H3. The smallest absolute Gasteiger partial charge is 0.241 e. The summed E-state index contributed by atoms with van der Waals surface area (Å²) in [5.74, 6) is 0.916. The van der Waals surface area contributed by atoms with Crippen LogP contribution in [0.4, 0.5) is 0 Å². The molecule has 0 bridgehead atoms. The molecule has 2 N–H and O–H groups in total. The van der Waals surface area contributed by atoms with E-state index >= 15 is 0 Å². The van der Waals surface area contributed by atoms with Gasteiger partial charge in [0.25, 0.3) is 0 Å². The minimum Gasteiger partial charge on any atom is -0.392 e. The maximum absolute atomic E-state index is 12.2. The van der Waals surface area contributed by atoms with Crippen LogP contribution in [0.1, 0.15) is 17.5 Å². The highest BCUT2D eigenvalue weighted by Crippen LogP contribution is 2.27. The van der Waals surface area contributed by atoms with Crippen molar-refractivity contribution >= 4 is 37.7 Å². The molecule has 1 rings (SSSR count). The lowest BCUT2D eigenvalue weighted by Crippen LogP contribution is -2.25. The van der Waals surface area contributed by atoms with Gasteiger partial charge in [0.15, 0.2) is 0 Å². The highest BCUT2D eigenvalue weighted by atomic mass is 79.9. The molecule has 0 heterocycles. The number of halogens is 1. The highest BCUT2D eigenvalue weighted by molar-refractivity contribution is 9.10. The van der Waals surface area contributed by atoms with Crippen LogP contribution in [0.3, 0.4) is 0 Å². The molecule has 1 aromatic carbocycles. The molecule has 4 nitrogen and oxygen atoms in total. The van der Waals surface area contributed by atoms with E-state index in [2.05, 4.69) is 20.7 Å². The van der Waals surface area contributed by atoms with E-state index in [-0.39, 0.29) is 11.5 Å². The molecule has 0 aliphatic rings. The number of nitrogens with one attached hydrogen (secondary N) is 1. The third-order valence-corrected chi connectivity index (χ3v) is 6.07. The number of hydrogen-bond donors (Lipinski definition) is 2. The van der Waals surface area contributed by atoms with Crippen molar-refractivity contribution in [2.24, 2.45) is 0 Å². The van der Waals surface area contributed by atoms with Crippen LogP contribution in [0.25, 0.3) is 0 Å². The molecule has 0 unspecified atom stereocenters. The van der Waals surface area contributed by atoms with Gasteiger partial charge >= 0.3 is 0 Å². The minimum absolute atomic E-state index is 0.177. The maximum Gasteiger partial charge on any atom is 0.241 e. The molecule has 108 valence electrons. The molecule has 0 aromatic heterocycles. The number of rotatable bonds is 7. The number of hydrogen-bond acceptors (Lipinski definition) is 4. The summed E-state index contributed by atoms with van der Waals surface area (Å²) in [6.07, 6.45) is 2.77. The Labute approximate surface area is 127 Å². The topological polar surface area (TPSA) is 66.4 Å². The highest BCUT2D eigenvalue weighted by Gasteiger charge is 2.19. The first kappa shape index (κ1) is 17.0. The molecule has 0 fully saturated rings. The number of aliphatic hydroxyl groups excluding tert-OH is 1. The van der Waals surface area contributed by atoms with Crippen molar-refractivity contribution in [2.45, 2.75) is 24.8 Å². The van der Waals surface area contributed by atoms with Crippen LogP contribution < -0.4 is 4.72 Å². The molecule has 0 aliphatic heterocycles. The summed E-state index contributed by atoms with van der Waals surface area (Å²) in [5.41, 5.74) is 1.38. The van der Waals surface area contributed by atoms with Gasteiger partial charge in [-0.1, -0.05) is 6.07 Å². The summed E-state index contributed by atoms with van der Waals surface area (Å²) in [6, 6.07) is 3.25. The van der Waals surface area contributed by atoms with Gasteiger partial charge in [-0.25, -0.2) is 13.1 Å². The van der Waals surface area contributed by atoms with Crippen molar-refractivity contribution in [3.05, 3.63) is 27.7 Å². The van der Waals surface area contributed by atoms with Crippen LogP contribution in [0, 0.1) is 6.92 Å². The van der Waals surface area contributed by atoms with Crippen LogP contribution in [0.2, 0.25) is 0 Å². The van der Waals surface area contributed by atoms with Gasteiger partial charge in [0.05, 0.1) is 11.5 Å². The molecule has 0 saturated carbocycles. The second-order valence-electron chi connectivity index (χ2n) is 4.13. The zero-order valence-corrected chi connectivity index (χ0v) is 14.2. The van der Waals surface area contributed by atoms with Crippen LogP contribution >= 0.6 is 27.7 Å². The van der Waals surface area contributed by atoms with Gasteiger partial charge in [-0.05, 0) is 58.5 Å². The quantitative estimate of drug-likeness (QED) is 0.725. The predicted molar refractivity (Wildman–Crippen MR) is 83.0 cm³/mol. The van der Waals surface area contributed by atoms with Crippen LogP contribution in [0.5, 0.6) is 0 Å². The Hall–Kier alpha value is -0.0800. The third kappa shape index (κ3) is 4.75. The van der Waals surface area contributed by atoms with Crippen molar-refractivity contribution in [1.82, 2.24) is 4.72 Å². The number of benzene rings is 1. The molecule has 19 heavy (non-hydrogen) atoms. The predicted octanol–water partition coefficient (Wildman–Crippen LogP) is 2.28. The lowest BCUT2D eigenvalue weighted by Gasteiger charge is -2.11. The fourth-order valence-electron chi connectivity index (χ4n) is 1.60. The monoisotopic (exact) mass is 367 g/mol. The van der Waals surface area contributed by atoms with Crippen molar-refractivity contribution < 1.29 is 13.5 Å². The Morgan fingerprint density at radius 2 is 2.11 bits per heavy atom. The van der Waals surface area contributed by atoms with Gasteiger partial charge in [0, 0.05) is 11.0 Å². The van der Waals surface area contributed by atoms with Crippen LogP contribution in [0.15, 0.2) is 21.5 Å². The summed E-state index contributed by atoms with van der Waals surface area (Å²) < 4.78 is 27.5. The molecular formula is C12H18BrNO3S2. The van der Waals surface area contributed by atoms with E-state index < -0.39 is 10.0 Å². The summed E-state index contributed by atoms with van der Waals surface area (Å²) >= 11 is 4.98. The first-order valence-electron chi connectivity index (χ1n) is 5.81. The van der Waals surface area contributed by atoms with Crippen LogP contribution in [-0.4, -0.2) is 32.1 Å². The van der Waals surface area contributed by atoms with Crippen LogP contribution in [-0.2, 0) is 16.6 Å². The van der Waals surface area contributed by atoms with Gasteiger partial charge < -0.3 is 5.11 Å². The first-order valence-corrected chi connectivity index (χ1v) is 9.48. The fraction of sp³-hybridized carbons (Fsp3) is 0.500. The normalized spacial score (nSPS) is 11.8. The Morgan fingerprint density at radius 1 is 1.42 bits per heavy atom. The second-order valence-corrected chi connectivity index (χ2v) is 7.64. The Balaban J connectivity index is 2.97. The number of thioether (sulfide) groups is 1. The van der Waals surface area contributed by atoms with Crippen molar-refractivity contribution in [3.8, 4) is 0 Å². The third-order valence-electron chi connectivity index (χ3n) is 2.57. The number of aryl methyl sites for hydroxylation is 1. The molecule has 0 radical (unpaired) electrons. The number of aliphatic hydroxyl groups is 1. The average molecular weight is 368 g/mol. The Bertz CT molecular complexity index is 532. The largest absolute Gasteiger partial charge is 0.392 e. The molecule has 0 saturated heterocycles. The van der Waals surface area contributed by atoms with Gasteiger partial charge in [0.2, 0.25) is 10.0 Å². The lowest BCUT2D eigenvalue weighted by atomic mass is 10.1. The SMILES string of the molecule is CSCCCNS(=O)(=O)c1cc(CO)cc(C)c1Br. The Kier molecular flexibility index (Phi) is 6.82. The molecule has 0 atom stereocenters. The zero-order chi connectivity index (χ0) is 14.5. The van der Waals surface area contributed by atoms with Gasteiger partial charge in [-0.2, -0.15) is 11.8 Å². The zero-order valence-electron chi connectivity index (χ0n) is 10.9. The van der Waals surface area contributed by atoms with E-state index in [9.17, 15) is 8.42 Å². The fourth-order valence-corrected chi connectivity index (χ4v) is 4.17. The Morgan fingerprint density at radius 3 is 2.68 bits per heavy atom. The van der Waals surface area contributed by atoms with E-state index in [0.717, 1.165) is 17.7 Å². The van der Waals surface area contributed by atoms with Crippen molar-refractivity contribution in [1.29, 1.82) is 0 Å². The summed E-state index contributed by atoms with van der Waals surface area (Å²) in [5, 5.41) is 9.16. The molecule has 7 heteroatoms. The summed E-state index contributed by atoms with van der Waals surface area (Å²) in [6.45, 7) is 2.04. The van der Waals surface area contributed by atoms with E-state index in [1.807, 2.05) is 6.26 Å². The first-order chi connectivity index (χ1) is 8.92. The number of sulfonamides is 1. The van der Waals surface area contributed by atoms with Gasteiger partial charge in [0.1, 0.15) is 0 Å². The molecule has 0 amide bonds. The molecular weight excluding hydrogens is 350 g/mol.